The Kier molecular flexibility index (Phi) is 50.6. The molecule has 370 valence electrons. The molecular formula is C53H106NO7P. The maximum Gasteiger partial charge on any atom is 0.472 e. The van der Waals surface area contributed by atoms with Gasteiger partial charge in [-0.3, -0.25) is 13.8 Å². The highest BCUT2D eigenvalue weighted by Gasteiger charge is 2.25. The van der Waals surface area contributed by atoms with Crippen LogP contribution < -0.4 is 5.73 Å². The van der Waals surface area contributed by atoms with Crippen LogP contribution in [-0.2, 0) is 27.9 Å². The van der Waals surface area contributed by atoms with E-state index in [1.54, 1.807) is 0 Å². The molecule has 62 heavy (non-hydrogen) atoms. The minimum atomic E-state index is -4.28. The molecule has 0 bridgehead atoms. The van der Waals surface area contributed by atoms with Crippen LogP contribution in [0.4, 0.5) is 0 Å². The second-order valence-corrected chi connectivity index (χ2v) is 19.9. The number of ether oxygens (including phenoxy) is 2. The Hall–Kier alpha value is -0.760. The summed E-state index contributed by atoms with van der Waals surface area (Å²) in [7, 11) is -4.28. The van der Waals surface area contributed by atoms with Crippen LogP contribution in [-0.4, -0.2) is 49.9 Å². The molecule has 0 saturated carbocycles. The van der Waals surface area contributed by atoms with Gasteiger partial charge in [0.05, 0.1) is 19.8 Å². The van der Waals surface area contributed by atoms with Crippen LogP contribution in [0.25, 0.3) is 0 Å². The van der Waals surface area contributed by atoms with Gasteiger partial charge in [-0.1, -0.05) is 251 Å². The van der Waals surface area contributed by atoms with E-state index in [9.17, 15) is 14.3 Å². The Morgan fingerprint density at radius 2 is 0.806 bits per heavy atom. The largest absolute Gasteiger partial charge is 0.472 e. The molecule has 0 radical (unpaired) electrons. The van der Waals surface area contributed by atoms with Crippen LogP contribution in [0, 0.1) is 0 Å². The van der Waals surface area contributed by atoms with Crippen LogP contribution in [0.3, 0.4) is 0 Å². The fraction of sp³-hybridized carbons (Fsp3) is 0.943. The lowest BCUT2D eigenvalue weighted by molar-refractivity contribution is -0.154. The van der Waals surface area contributed by atoms with Gasteiger partial charge in [-0.05, 0) is 38.5 Å². The van der Waals surface area contributed by atoms with E-state index >= 15 is 0 Å². The lowest BCUT2D eigenvalue weighted by atomic mass is 10.0. The summed E-state index contributed by atoms with van der Waals surface area (Å²) < 4.78 is 33.6. The van der Waals surface area contributed by atoms with Crippen molar-refractivity contribution < 1.29 is 32.8 Å². The molecule has 0 aromatic rings. The number of phosphoric ester groups is 1. The van der Waals surface area contributed by atoms with Crippen molar-refractivity contribution in [2.75, 3.05) is 33.0 Å². The van der Waals surface area contributed by atoms with Crippen LogP contribution in [0.15, 0.2) is 12.2 Å². The summed E-state index contributed by atoms with van der Waals surface area (Å²) in [5, 5.41) is 0. The van der Waals surface area contributed by atoms with Gasteiger partial charge >= 0.3 is 13.8 Å². The van der Waals surface area contributed by atoms with Crippen molar-refractivity contribution in [3.05, 3.63) is 12.2 Å². The van der Waals surface area contributed by atoms with E-state index in [0.29, 0.717) is 13.0 Å². The third kappa shape index (κ3) is 50.2. The number of allylic oxidation sites excluding steroid dienone is 2. The van der Waals surface area contributed by atoms with E-state index in [1.807, 2.05) is 0 Å². The van der Waals surface area contributed by atoms with Crippen molar-refractivity contribution in [3.63, 3.8) is 0 Å². The zero-order valence-electron chi connectivity index (χ0n) is 41.4. The summed E-state index contributed by atoms with van der Waals surface area (Å²) in [4.78, 5) is 22.6. The highest BCUT2D eigenvalue weighted by molar-refractivity contribution is 7.47. The van der Waals surface area contributed by atoms with Crippen LogP contribution in [0.5, 0.6) is 0 Å². The number of hydrogen-bond acceptors (Lipinski definition) is 7. The molecule has 0 aromatic heterocycles. The minimum Gasteiger partial charge on any atom is -0.457 e. The van der Waals surface area contributed by atoms with Gasteiger partial charge < -0.3 is 20.1 Å². The first kappa shape index (κ1) is 61.2. The fourth-order valence-corrected chi connectivity index (χ4v) is 8.94. The van der Waals surface area contributed by atoms with Crippen LogP contribution in [0.1, 0.15) is 284 Å². The zero-order chi connectivity index (χ0) is 45.1. The van der Waals surface area contributed by atoms with Crippen LogP contribution >= 0.6 is 7.82 Å². The number of hydrogen-bond donors (Lipinski definition) is 2. The molecule has 2 unspecified atom stereocenters. The van der Waals surface area contributed by atoms with E-state index < -0.39 is 13.9 Å². The second kappa shape index (κ2) is 51.2. The summed E-state index contributed by atoms with van der Waals surface area (Å²) in [6.45, 7) is 4.99. The Labute approximate surface area is 385 Å². The Bertz CT molecular complexity index is 966. The predicted molar refractivity (Wildman–Crippen MR) is 266 cm³/mol. The zero-order valence-corrected chi connectivity index (χ0v) is 42.3. The summed E-state index contributed by atoms with van der Waals surface area (Å²) >= 11 is 0. The molecule has 0 saturated heterocycles. The van der Waals surface area contributed by atoms with Gasteiger partial charge in [0.1, 0.15) is 6.10 Å². The van der Waals surface area contributed by atoms with E-state index in [4.69, 9.17) is 24.3 Å². The van der Waals surface area contributed by atoms with Gasteiger partial charge in [-0.2, -0.15) is 0 Å². The second-order valence-electron chi connectivity index (χ2n) is 18.5. The first-order chi connectivity index (χ1) is 30.4. The molecule has 0 rings (SSSR count). The van der Waals surface area contributed by atoms with Crippen molar-refractivity contribution in [2.24, 2.45) is 5.73 Å². The smallest absolute Gasteiger partial charge is 0.457 e. The number of esters is 1. The van der Waals surface area contributed by atoms with Gasteiger partial charge in [0.2, 0.25) is 0 Å². The lowest BCUT2D eigenvalue weighted by Gasteiger charge is -2.20. The normalized spacial score (nSPS) is 13.3. The lowest BCUT2D eigenvalue weighted by Crippen LogP contribution is -2.28. The molecular weight excluding hydrogens is 794 g/mol. The molecule has 0 aliphatic carbocycles. The minimum absolute atomic E-state index is 0.0917. The molecule has 0 amide bonds. The van der Waals surface area contributed by atoms with Gasteiger partial charge in [-0.25, -0.2) is 4.57 Å². The molecule has 3 N–H and O–H groups in total. The first-order valence-electron chi connectivity index (χ1n) is 27.2. The van der Waals surface area contributed by atoms with Crippen LogP contribution in [0.2, 0.25) is 0 Å². The van der Waals surface area contributed by atoms with E-state index in [1.165, 1.54) is 231 Å². The average molecular weight is 900 g/mol. The summed E-state index contributed by atoms with van der Waals surface area (Å²) in [5.74, 6) is -0.322. The molecule has 0 spiro atoms. The third-order valence-electron chi connectivity index (χ3n) is 12.2. The Balaban J connectivity index is 3.86. The van der Waals surface area contributed by atoms with Gasteiger partial charge in [0, 0.05) is 19.6 Å². The third-order valence-corrected chi connectivity index (χ3v) is 13.2. The van der Waals surface area contributed by atoms with Crippen molar-refractivity contribution in [3.8, 4) is 0 Å². The SMILES string of the molecule is CCCCCCCC/C=C\CCCCCCCCCCCCOCC(COP(=O)(O)OCCN)OC(=O)CCCCCCCCCCCCCCCCCCCCCCCCC. The quantitative estimate of drug-likeness (QED) is 0.0268. The number of rotatable bonds is 53. The van der Waals surface area contributed by atoms with E-state index in [-0.39, 0.29) is 32.3 Å². The predicted octanol–water partition coefficient (Wildman–Crippen LogP) is 17.0. The maximum absolute atomic E-state index is 12.7. The van der Waals surface area contributed by atoms with E-state index in [2.05, 4.69) is 26.0 Å². The van der Waals surface area contributed by atoms with Gasteiger partial charge in [-0.15, -0.1) is 0 Å². The molecule has 0 aromatic carbocycles. The standard InChI is InChI=1S/C53H106NO7P/c1-3-5-7-9-11-13-15-17-19-21-23-25-26-27-28-30-32-34-36-38-40-42-44-46-53(55)61-52(51-60-62(56,57)59-49-47-54)50-58-48-45-43-41-39-37-35-33-31-29-24-22-20-18-16-14-12-10-8-6-4-2/h18,20,52H,3-17,19,21-51,54H2,1-2H3,(H,56,57)/b20-18-. The number of carbonyl (C=O) groups is 1. The molecule has 9 heteroatoms. The highest BCUT2D eigenvalue weighted by Crippen LogP contribution is 2.43. The Morgan fingerprint density at radius 1 is 0.468 bits per heavy atom. The first-order valence-corrected chi connectivity index (χ1v) is 28.7. The number of unbranched alkanes of at least 4 members (excludes halogenated alkanes) is 38. The number of nitrogens with two attached hydrogens (primary N) is 1. The van der Waals surface area contributed by atoms with Gasteiger partial charge in [0.15, 0.2) is 0 Å². The molecule has 0 aliphatic heterocycles. The van der Waals surface area contributed by atoms with E-state index in [0.717, 1.165) is 32.1 Å². The summed E-state index contributed by atoms with van der Waals surface area (Å²) in [6.07, 6.45) is 58.3. The van der Waals surface area contributed by atoms with Crippen molar-refractivity contribution in [2.45, 2.75) is 290 Å². The highest BCUT2D eigenvalue weighted by atomic mass is 31.2. The van der Waals surface area contributed by atoms with Gasteiger partial charge in [0.25, 0.3) is 0 Å². The molecule has 0 aliphatic rings. The maximum atomic E-state index is 12.7. The topological polar surface area (TPSA) is 117 Å². The Morgan fingerprint density at radius 3 is 1.18 bits per heavy atom. The fourth-order valence-electron chi connectivity index (χ4n) is 8.17. The molecule has 0 fully saturated rings. The van der Waals surface area contributed by atoms with Crippen molar-refractivity contribution >= 4 is 13.8 Å². The summed E-state index contributed by atoms with van der Waals surface area (Å²) in [5.41, 5.74) is 5.40. The monoisotopic (exact) mass is 900 g/mol. The summed E-state index contributed by atoms with van der Waals surface area (Å²) in [6, 6.07) is 0. The number of carbonyl (C=O) groups excluding carboxylic acids is 1. The van der Waals surface area contributed by atoms with Crippen molar-refractivity contribution in [1.82, 2.24) is 0 Å². The van der Waals surface area contributed by atoms with Crippen molar-refractivity contribution in [1.29, 1.82) is 0 Å². The molecule has 0 heterocycles. The molecule has 8 nitrogen and oxygen atoms in total. The number of phosphoric acid groups is 1. The average Bonchev–Trinajstić information content (AvgIpc) is 3.26. The molecule has 2 atom stereocenters.